The van der Waals surface area contributed by atoms with Gasteiger partial charge in [-0.2, -0.15) is 12.2 Å². The summed E-state index contributed by atoms with van der Waals surface area (Å²) in [5.41, 5.74) is 3.30. The molecule has 2 aliphatic rings. The van der Waals surface area contributed by atoms with Crippen molar-refractivity contribution in [2.75, 3.05) is 0 Å². The fourth-order valence-electron chi connectivity index (χ4n) is 1.84. The normalized spacial score (nSPS) is 15.7. The van der Waals surface area contributed by atoms with E-state index in [0.29, 0.717) is 10.8 Å². The van der Waals surface area contributed by atoms with Gasteiger partial charge in [0.1, 0.15) is 0 Å². The van der Waals surface area contributed by atoms with E-state index in [2.05, 4.69) is 78.0 Å². The molecule has 0 bridgehead atoms. The van der Waals surface area contributed by atoms with Crippen LogP contribution < -0.4 is 0 Å². The smallest absolute Gasteiger partial charge is 0.358 e. The van der Waals surface area contributed by atoms with E-state index in [9.17, 15) is 0 Å². The van der Waals surface area contributed by atoms with Gasteiger partial charge in [0.05, 0.1) is 0 Å². The van der Waals surface area contributed by atoms with Crippen LogP contribution in [0.25, 0.3) is 0 Å². The second-order valence-electron chi connectivity index (χ2n) is 6.89. The Morgan fingerprint density at radius 3 is 1.10 bits per heavy atom. The molecule has 0 spiro atoms. The Kier molecular flexibility index (Phi) is 12.7. The SMILES string of the molecule is CC(C)(C)C1=[C-]CC=C1.CC(C)(C)C1=[C-]CC=C1.[CH3-].[CH3-].[Ti+4]. The molecule has 116 valence electrons. The van der Waals surface area contributed by atoms with E-state index in [0.717, 1.165) is 12.8 Å². The molecule has 0 radical (unpaired) electrons. The molecule has 0 heterocycles. The van der Waals surface area contributed by atoms with Crippen LogP contribution in [-0.4, -0.2) is 0 Å². The van der Waals surface area contributed by atoms with Crippen LogP contribution in [0.2, 0.25) is 0 Å². The van der Waals surface area contributed by atoms with Crippen molar-refractivity contribution >= 4 is 0 Å². The Balaban J connectivity index is -0.000000270. The van der Waals surface area contributed by atoms with Crippen LogP contribution in [0.3, 0.4) is 0 Å². The maximum atomic E-state index is 3.30. The van der Waals surface area contributed by atoms with Gasteiger partial charge in [0.2, 0.25) is 0 Å². The second kappa shape index (κ2) is 10.4. The van der Waals surface area contributed by atoms with Gasteiger partial charge < -0.3 is 14.9 Å². The van der Waals surface area contributed by atoms with E-state index in [1.165, 1.54) is 11.1 Å². The van der Waals surface area contributed by atoms with Crippen LogP contribution >= 0.6 is 0 Å². The Labute approximate surface area is 149 Å². The van der Waals surface area contributed by atoms with Crippen LogP contribution in [0.4, 0.5) is 0 Å². The van der Waals surface area contributed by atoms with Gasteiger partial charge in [0.15, 0.2) is 0 Å². The molecule has 2 aliphatic carbocycles. The van der Waals surface area contributed by atoms with E-state index in [4.69, 9.17) is 0 Å². The summed E-state index contributed by atoms with van der Waals surface area (Å²) >= 11 is 0. The number of allylic oxidation sites excluding steroid dienone is 8. The van der Waals surface area contributed by atoms with Crippen molar-refractivity contribution in [1.29, 1.82) is 0 Å². The summed E-state index contributed by atoms with van der Waals surface area (Å²) in [5, 5.41) is 0. The van der Waals surface area contributed by atoms with Crippen LogP contribution in [-0.2, 0) is 21.7 Å². The number of hydrogen-bond donors (Lipinski definition) is 0. The minimum atomic E-state index is 0. The Hall–Kier alpha value is -0.326. The number of hydrogen-bond acceptors (Lipinski definition) is 0. The first-order valence-electron chi connectivity index (χ1n) is 6.77. The monoisotopic (exact) mass is 320 g/mol. The average molecular weight is 320 g/mol. The predicted molar refractivity (Wildman–Crippen MR) is 92.8 cm³/mol. The van der Waals surface area contributed by atoms with Gasteiger partial charge in [-0.25, -0.2) is 23.3 Å². The van der Waals surface area contributed by atoms with Crippen molar-refractivity contribution in [1.82, 2.24) is 0 Å². The van der Waals surface area contributed by atoms with E-state index in [-0.39, 0.29) is 36.6 Å². The van der Waals surface area contributed by atoms with Crippen LogP contribution in [0.1, 0.15) is 54.4 Å². The van der Waals surface area contributed by atoms with Crippen molar-refractivity contribution in [3.8, 4) is 0 Å². The maximum absolute atomic E-state index is 3.30. The molecule has 0 atom stereocenters. The van der Waals surface area contributed by atoms with Gasteiger partial charge in [0, 0.05) is 0 Å². The zero-order valence-electron chi connectivity index (χ0n) is 15.2. The van der Waals surface area contributed by atoms with Crippen molar-refractivity contribution in [3.63, 3.8) is 0 Å². The zero-order chi connectivity index (χ0) is 13.8. The Morgan fingerprint density at radius 2 is 1.00 bits per heavy atom. The molecule has 1 heteroatoms. The van der Waals surface area contributed by atoms with Crippen molar-refractivity contribution in [2.24, 2.45) is 10.8 Å². The molecule has 0 fully saturated rings. The molecule has 0 amide bonds. The fourth-order valence-corrected chi connectivity index (χ4v) is 1.84. The predicted octanol–water partition coefficient (Wildman–Crippen LogP) is 6.34. The molecule has 0 unspecified atom stereocenters. The molecular weight excluding hydrogens is 288 g/mol. The average Bonchev–Trinajstić information content (AvgIpc) is 2.91. The third kappa shape index (κ3) is 9.32. The topological polar surface area (TPSA) is 0 Å². The fraction of sp³-hybridized carbons (Fsp3) is 0.500. The minimum absolute atomic E-state index is 0. The summed E-state index contributed by atoms with van der Waals surface area (Å²) in [6, 6.07) is 0. The van der Waals surface area contributed by atoms with E-state index >= 15 is 0 Å². The molecule has 0 aromatic heterocycles. The molecule has 0 saturated heterocycles. The Bertz CT molecular complexity index is 353. The molecule has 2 rings (SSSR count). The maximum Gasteiger partial charge on any atom is 4.00 e. The zero-order valence-corrected chi connectivity index (χ0v) is 16.8. The van der Waals surface area contributed by atoms with Gasteiger partial charge in [-0.1, -0.05) is 41.5 Å². The first-order chi connectivity index (χ1) is 8.21. The van der Waals surface area contributed by atoms with Gasteiger partial charge in [-0.3, -0.25) is 12.2 Å². The molecule has 0 aliphatic heterocycles. The summed E-state index contributed by atoms with van der Waals surface area (Å²) in [4.78, 5) is 0. The van der Waals surface area contributed by atoms with Gasteiger partial charge in [-0.15, -0.1) is 12.8 Å². The third-order valence-electron chi connectivity index (χ3n) is 3.01. The van der Waals surface area contributed by atoms with Crippen LogP contribution in [0.5, 0.6) is 0 Å². The molecular formula is C20H32Ti. The first kappa shape index (κ1) is 25.6. The summed E-state index contributed by atoms with van der Waals surface area (Å²) in [7, 11) is 0. The second-order valence-corrected chi connectivity index (χ2v) is 6.89. The summed E-state index contributed by atoms with van der Waals surface area (Å²) in [5.74, 6) is 0. The Morgan fingerprint density at radius 1 is 0.714 bits per heavy atom. The minimum Gasteiger partial charge on any atom is -0.358 e. The molecule has 0 aromatic carbocycles. The van der Waals surface area contributed by atoms with Crippen LogP contribution in [0.15, 0.2) is 35.5 Å². The first-order valence-corrected chi connectivity index (χ1v) is 6.77. The van der Waals surface area contributed by atoms with Crippen molar-refractivity contribution < 1.29 is 21.7 Å². The van der Waals surface area contributed by atoms with E-state index in [1.54, 1.807) is 0 Å². The van der Waals surface area contributed by atoms with Crippen molar-refractivity contribution in [3.05, 3.63) is 62.5 Å². The summed E-state index contributed by atoms with van der Waals surface area (Å²) < 4.78 is 0. The standard InChI is InChI=1S/2C9H13.2CH3.Ti/c2*1-9(2,3)8-6-4-5-7-8;;;/h2*4,6H,5H2,1-3H3;2*1H3;/q4*-1;+4. The quantitative estimate of drug-likeness (QED) is 0.361. The van der Waals surface area contributed by atoms with Crippen LogP contribution in [0, 0.1) is 37.8 Å². The molecule has 0 aromatic rings. The van der Waals surface area contributed by atoms with E-state index in [1.807, 2.05) is 0 Å². The largest absolute Gasteiger partial charge is 4.00 e. The van der Waals surface area contributed by atoms with Crippen molar-refractivity contribution in [2.45, 2.75) is 54.4 Å². The molecule has 0 nitrogen and oxygen atoms in total. The van der Waals surface area contributed by atoms with Gasteiger partial charge in [-0.05, 0) is 10.8 Å². The molecule has 0 N–H and O–H groups in total. The summed E-state index contributed by atoms with van der Waals surface area (Å²) in [6.45, 7) is 13.3. The van der Waals surface area contributed by atoms with Gasteiger partial charge in [0.25, 0.3) is 0 Å². The van der Waals surface area contributed by atoms with Gasteiger partial charge >= 0.3 is 21.7 Å². The molecule has 21 heavy (non-hydrogen) atoms. The van der Waals surface area contributed by atoms with E-state index < -0.39 is 0 Å². The summed E-state index contributed by atoms with van der Waals surface area (Å²) in [6.07, 6.45) is 17.3. The third-order valence-corrected chi connectivity index (χ3v) is 3.01. The number of rotatable bonds is 0. The molecule has 0 saturated carbocycles.